The van der Waals surface area contributed by atoms with Gasteiger partial charge in [-0.2, -0.15) is 0 Å². The Hall–Kier alpha value is -2.24. The summed E-state index contributed by atoms with van der Waals surface area (Å²) in [6, 6.07) is 12.7. The van der Waals surface area contributed by atoms with Gasteiger partial charge in [0.05, 0.1) is 35.7 Å². The molecule has 0 amide bonds. The summed E-state index contributed by atoms with van der Waals surface area (Å²) >= 11 is 0. The van der Waals surface area contributed by atoms with Crippen molar-refractivity contribution in [3.05, 3.63) is 60.3 Å². The van der Waals surface area contributed by atoms with Crippen LogP contribution < -0.4 is 0 Å². The van der Waals surface area contributed by atoms with Gasteiger partial charge in [0.1, 0.15) is 5.76 Å². The van der Waals surface area contributed by atoms with Crippen LogP contribution in [0.3, 0.4) is 0 Å². The van der Waals surface area contributed by atoms with Crippen LogP contribution in [0.15, 0.2) is 53.3 Å². The fourth-order valence-corrected chi connectivity index (χ4v) is 3.60. The molecule has 5 nitrogen and oxygen atoms in total. The second-order valence-corrected chi connectivity index (χ2v) is 6.85. The van der Waals surface area contributed by atoms with E-state index in [1.165, 1.54) is 12.8 Å². The predicted molar refractivity (Wildman–Crippen MR) is 98.0 cm³/mol. The topological polar surface area (TPSA) is 45.4 Å². The molecule has 130 valence electrons. The van der Waals surface area contributed by atoms with E-state index in [0.717, 1.165) is 48.7 Å². The molecule has 0 unspecified atom stereocenters. The second-order valence-electron chi connectivity index (χ2n) is 6.85. The molecule has 1 aliphatic rings. The molecule has 25 heavy (non-hydrogen) atoms. The van der Waals surface area contributed by atoms with Crippen LogP contribution in [0.25, 0.3) is 11.0 Å². The highest BCUT2D eigenvalue weighted by molar-refractivity contribution is 5.73. The van der Waals surface area contributed by atoms with Crippen LogP contribution in [0.1, 0.15) is 24.3 Å². The molecule has 1 aromatic carbocycles. The summed E-state index contributed by atoms with van der Waals surface area (Å²) in [4.78, 5) is 14.2. The lowest BCUT2D eigenvalue weighted by atomic mass is 10.0. The molecule has 1 saturated heterocycles. The maximum atomic E-state index is 5.46. The summed E-state index contributed by atoms with van der Waals surface area (Å²) in [6.07, 6.45) is 6.02. The van der Waals surface area contributed by atoms with Crippen LogP contribution in [0.5, 0.6) is 0 Å². The van der Waals surface area contributed by atoms with Crippen LogP contribution in [0.4, 0.5) is 0 Å². The molecule has 0 aliphatic carbocycles. The Kier molecular flexibility index (Phi) is 4.76. The predicted octanol–water partition coefficient (Wildman–Crippen LogP) is 3.32. The highest BCUT2D eigenvalue weighted by atomic mass is 16.3. The van der Waals surface area contributed by atoms with Gasteiger partial charge in [0, 0.05) is 25.7 Å². The summed E-state index contributed by atoms with van der Waals surface area (Å²) in [5, 5.41) is 0. The number of para-hydroxylation sites is 2. The van der Waals surface area contributed by atoms with Crippen molar-refractivity contribution >= 4 is 11.0 Å². The van der Waals surface area contributed by atoms with Crippen molar-refractivity contribution in [1.29, 1.82) is 0 Å². The smallest absolute Gasteiger partial charge is 0.117 e. The maximum Gasteiger partial charge on any atom is 0.117 e. The van der Waals surface area contributed by atoms with Crippen molar-refractivity contribution in [3.63, 3.8) is 0 Å². The van der Waals surface area contributed by atoms with E-state index in [1.54, 1.807) is 6.26 Å². The summed E-state index contributed by atoms with van der Waals surface area (Å²) in [5.41, 5.74) is 2.97. The maximum absolute atomic E-state index is 5.46. The third kappa shape index (κ3) is 3.89. The standard InChI is InChI=1S/C20H24N4O/c1-23(14-16-13-21-19-6-2-3-7-20(19)22-16)17-8-10-24(11-9-17)15-18-5-4-12-25-18/h2-7,12-13,17H,8-11,14-15H2,1H3. The quantitative estimate of drug-likeness (QED) is 0.715. The molecule has 3 aromatic rings. The Morgan fingerprint density at radius 3 is 2.68 bits per heavy atom. The van der Waals surface area contributed by atoms with Gasteiger partial charge in [-0.15, -0.1) is 0 Å². The first-order chi connectivity index (χ1) is 12.3. The zero-order valence-corrected chi connectivity index (χ0v) is 14.6. The van der Waals surface area contributed by atoms with Gasteiger partial charge in [-0.25, -0.2) is 4.98 Å². The molecule has 0 bridgehead atoms. The average molecular weight is 336 g/mol. The van der Waals surface area contributed by atoms with Crippen LogP contribution in [0, 0.1) is 0 Å². The molecule has 0 spiro atoms. The minimum atomic E-state index is 0.598. The highest BCUT2D eigenvalue weighted by Crippen LogP contribution is 2.19. The summed E-state index contributed by atoms with van der Waals surface area (Å²) in [7, 11) is 2.20. The van der Waals surface area contributed by atoms with Crippen LogP contribution in [-0.4, -0.2) is 45.9 Å². The third-order valence-corrected chi connectivity index (χ3v) is 5.05. The second kappa shape index (κ2) is 7.33. The summed E-state index contributed by atoms with van der Waals surface area (Å²) in [5.74, 6) is 1.05. The Morgan fingerprint density at radius 2 is 1.92 bits per heavy atom. The monoisotopic (exact) mass is 336 g/mol. The minimum Gasteiger partial charge on any atom is -0.468 e. The zero-order valence-electron chi connectivity index (χ0n) is 14.6. The van der Waals surface area contributed by atoms with Crippen molar-refractivity contribution in [1.82, 2.24) is 19.8 Å². The summed E-state index contributed by atoms with van der Waals surface area (Å²) in [6.45, 7) is 3.98. The minimum absolute atomic E-state index is 0.598. The molecule has 3 heterocycles. The molecule has 1 fully saturated rings. The Balaban J connectivity index is 1.33. The number of aromatic nitrogens is 2. The van der Waals surface area contributed by atoms with Crippen LogP contribution in [-0.2, 0) is 13.1 Å². The third-order valence-electron chi connectivity index (χ3n) is 5.05. The van der Waals surface area contributed by atoms with Crippen molar-refractivity contribution in [3.8, 4) is 0 Å². The normalized spacial score (nSPS) is 16.7. The van der Waals surface area contributed by atoms with E-state index in [2.05, 4.69) is 27.9 Å². The molecular formula is C20H24N4O. The number of rotatable bonds is 5. The molecule has 0 N–H and O–H groups in total. The van der Waals surface area contributed by atoms with Crippen LogP contribution >= 0.6 is 0 Å². The number of furan rings is 1. The average Bonchev–Trinajstić information content (AvgIpc) is 3.15. The largest absolute Gasteiger partial charge is 0.468 e. The molecule has 5 heteroatoms. The van der Waals surface area contributed by atoms with Gasteiger partial charge < -0.3 is 4.42 Å². The Bertz CT molecular complexity index is 809. The fraction of sp³-hybridized carbons (Fsp3) is 0.400. The lowest BCUT2D eigenvalue weighted by Crippen LogP contribution is -2.42. The van der Waals surface area contributed by atoms with Crippen molar-refractivity contribution in [2.24, 2.45) is 0 Å². The first kappa shape index (κ1) is 16.2. The molecule has 4 rings (SSSR count). The van der Waals surface area contributed by atoms with E-state index in [4.69, 9.17) is 9.40 Å². The first-order valence-electron chi connectivity index (χ1n) is 8.93. The van der Waals surface area contributed by atoms with Gasteiger partial charge in [0.25, 0.3) is 0 Å². The number of fused-ring (bicyclic) bond motifs is 1. The van der Waals surface area contributed by atoms with Crippen LogP contribution in [0.2, 0.25) is 0 Å². The molecule has 1 aliphatic heterocycles. The van der Waals surface area contributed by atoms with Gasteiger partial charge in [-0.05, 0) is 44.2 Å². The van der Waals surface area contributed by atoms with Gasteiger partial charge in [-0.3, -0.25) is 14.8 Å². The molecule has 0 saturated carbocycles. The van der Waals surface area contributed by atoms with Gasteiger partial charge >= 0.3 is 0 Å². The number of hydrogen-bond acceptors (Lipinski definition) is 5. The zero-order chi connectivity index (χ0) is 17.1. The highest BCUT2D eigenvalue weighted by Gasteiger charge is 2.23. The SMILES string of the molecule is CN(Cc1cnc2ccccc2n1)C1CCN(Cc2ccco2)CC1. The van der Waals surface area contributed by atoms with Gasteiger partial charge in [0.2, 0.25) is 0 Å². The first-order valence-corrected chi connectivity index (χ1v) is 8.93. The Labute approximate surface area is 148 Å². The van der Waals surface area contributed by atoms with Crippen molar-refractivity contribution < 1.29 is 4.42 Å². The van der Waals surface area contributed by atoms with E-state index in [0.29, 0.717) is 6.04 Å². The van der Waals surface area contributed by atoms with E-state index < -0.39 is 0 Å². The number of nitrogens with zero attached hydrogens (tertiary/aromatic N) is 4. The fourth-order valence-electron chi connectivity index (χ4n) is 3.60. The van der Waals surface area contributed by atoms with E-state index in [-0.39, 0.29) is 0 Å². The Morgan fingerprint density at radius 1 is 1.12 bits per heavy atom. The summed E-state index contributed by atoms with van der Waals surface area (Å²) < 4.78 is 5.46. The number of likely N-dealkylation sites (tertiary alicyclic amines) is 1. The lowest BCUT2D eigenvalue weighted by Gasteiger charge is -2.36. The number of benzene rings is 1. The van der Waals surface area contributed by atoms with E-state index in [9.17, 15) is 0 Å². The van der Waals surface area contributed by atoms with Crippen molar-refractivity contribution in [2.45, 2.75) is 32.0 Å². The van der Waals surface area contributed by atoms with E-state index in [1.807, 2.05) is 36.5 Å². The molecule has 2 aromatic heterocycles. The molecule has 0 radical (unpaired) electrons. The van der Waals surface area contributed by atoms with Gasteiger partial charge in [-0.1, -0.05) is 12.1 Å². The van der Waals surface area contributed by atoms with E-state index >= 15 is 0 Å². The number of piperidine rings is 1. The molecule has 0 atom stereocenters. The lowest BCUT2D eigenvalue weighted by molar-refractivity contribution is 0.113. The number of hydrogen-bond donors (Lipinski definition) is 0. The van der Waals surface area contributed by atoms with Crippen molar-refractivity contribution in [2.75, 3.05) is 20.1 Å². The van der Waals surface area contributed by atoms with Gasteiger partial charge in [0.15, 0.2) is 0 Å². The molecular weight excluding hydrogens is 312 g/mol.